The predicted molar refractivity (Wildman–Crippen MR) is 79.0 cm³/mol. The van der Waals surface area contributed by atoms with E-state index in [0.717, 1.165) is 37.4 Å². The van der Waals surface area contributed by atoms with Crippen molar-refractivity contribution in [2.45, 2.75) is 31.7 Å². The topological polar surface area (TPSA) is 72.1 Å². The van der Waals surface area contributed by atoms with E-state index in [0.29, 0.717) is 18.9 Å². The van der Waals surface area contributed by atoms with Gasteiger partial charge in [0.05, 0.1) is 24.2 Å². The van der Waals surface area contributed by atoms with Gasteiger partial charge in [-0.25, -0.2) is 0 Å². The molecular weight excluding hydrogens is 268 g/mol. The molecule has 0 unspecified atom stereocenters. The number of amides is 1. The van der Waals surface area contributed by atoms with E-state index in [9.17, 15) is 4.79 Å². The van der Waals surface area contributed by atoms with E-state index in [1.165, 1.54) is 0 Å². The van der Waals surface area contributed by atoms with Gasteiger partial charge in [-0.2, -0.15) is 5.10 Å². The normalized spacial score (nSPS) is 16.0. The first-order valence-electron chi connectivity index (χ1n) is 7.38. The summed E-state index contributed by atoms with van der Waals surface area (Å²) in [6, 6.07) is 4.14. The summed E-state index contributed by atoms with van der Waals surface area (Å²) in [5, 5.41) is 10.6. The first-order chi connectivity index (χ1) is 10.3. The highest BCUT2D eigenvalue weighted by Gasteiger charge is 2.16. The Morgan fingerprint density at radius 1 is 1.48 bits per heavy atom. The Morgan fingerprint density at radius 3 is 3.10 bits per heavy atom. The van der Waals surface area contributed by atoms with Crippen LogP contribution in [0.2, 0.25) is 0 Å². The molecule has 6 heteroatoms. The molecule has 3 rings (SSSR count). The van der Waals surface area contributed by atoms with Crippen LogP contribution < -0.4 is 10.6 Å². The molecule has 1 amide bonds. The Kier molecular flexibility index (Phi) is 4.35. The van der Waals surface area contributed by atoms with Crippen LogP contribution in [0.1, 0.15) is 31.1 Å². The van der Waals surface area contributed by atoms with Crippen molar-refractivity contribution in [3.63, 3.8) is 0 Å². The first kappa shape index (κ1) is 13.9. The van der Waals surface area contributed by atoms with Crippen LogP contribution in [-0.4, -0.2) is 28.8 Å². The molecule has 112 valence electrons. The van der Waals surface area contributed by atoms with Crippen molar-refractivity contribution in [3.05, 3.63) is 36.5 Å². The number of aromatic nitrogens is 2. The molecule has 0 aliphatic carbocycles. The number of carbonyl (C=O) groups excluding carboxylic acids is 1. The highest BCUT2D eigenvalue weighted by atomic mass is 16.3. The van der Waals surface area contributed by atoms with Gasteiger partial charge in [0.2, 0.25) is 5.91 Å². The fourth-order valence-electron chi connectivity index (χ4n) is 2.59. The number of hydrogen-bond acceptors (Lipinski definition) is 4. The number of carbonyl (C=O) groups is 1. The van der Waals surface area contributed by atoms with E-state index >= 15 is 0 Å². The van der Waals surface area contributed by atoms with Crippen molar-refractivity contribution in [2.75, 3.05) is 18.4 Å². The molecule has 0 aromatic carbocycles. The summed E-state index contributed by atoms with van der Waals surface area (Å²) in [6.07, 6.45) is 8.43. The molecule has 2 N–H and O–H groups in total. The van der Waals surface area contributed by atoms with Crippen molar-refractivity contribution in [1.82, 2.24) is 15.1 Å². The van der Waals surface area contributed by atoms with Crippen molar-refractivity contribution in [1.29, 1.82) is 0 Å². The number of anilines is 1. The maximum Gasteiger partial charge on any atom is 0.224 e. The van der Waals surface area contributed by atoms with Gasteiger partial charge in [0, 0.05) is 19.0 Å². The van der Waals surface area contributed by atoms with Crippen LogP contribution in [-0.2, 0) is 11.2 Å². The average molecular weight is 288 g/mol. The second kappa shape index (κ2) is 6.58. The van der Waals surface area contributed by atoms with Gasteiger partial charge in [0.1, 0.15) is 5.76 Å². The summed E-state index contributed by atoms with van der Waals surface area (Å²) in [5.74, 6) is 0.812. The molecule has 3 heterocycles. The standard InChI is InChI=1S/C15H20N4O2/c20-15(4-3-14-2-1-9-21-14)18-12-10-17-19(11-12)13-5-7-16-8-6-13/h1-2,9-11,13,16H,3-8H2,(H,18,20). The lowest BCUT2D eigenvalue weighted by Gasteiger charge is -2.22. The van der Waals surface area contributed by atoms with Crippen LogP contribution in [0.15, 0.2) is 35.2 Å². The molecule has 0 spiro atoms. The number of rotatable bonds is 5. The van der Waals surface area contributed by atoms with Crippen molar-refractivity contribution < 1.29 is 9.21 Å². The van der Waals surface area contributed by atoms with Crippen LogP contribution >= 0.6 is 0 Å². The number of hydrogen-bond donors (Lipinski definition) is 2. The molecule has 21 heavy (non-hydrogen) atoms. The summed E-state index contributed by atoms with van der Waals surface area (Å²) in [6.45, 7) is 2.05. The highest BCUT2D eigenvalue weighted by molar-refractivity contribution is 5.90. The fraction of sp³-hybridized carbons (Fsp3) is 0.467. The zero-order chi connectivity index (χ0) is 14.5. The highest BCUT2D eigenvalue weighted by Crippen LogP contribution is 2.19. The van der Waals surface area contributed by atoms with E-state index in [2.05, 4.69) is 15.7 Å². The fourth-order valence-corrected chi connectivity index (χ4v) is 2.59. The van der Waals surface area contributed by atoms with Gasteiger partial charge >= 0.3 is 0 Å². The zero-order valence-corrected chi connectivity index (χ0v) is 11.9. The van der Waals surface area contributed by atoms with Gasteiger partial charge in [0.15, 0.2) is 0 Å². The summed E-state index contributed by atoms with van der Waals surface area (Å²) >= 11 is 0. The molecule has 2 aromatic rings. The monoisotopic (exact) mass is 288 g/mol. The van der Waals surface area contributed by atoms with Crippen molar-refractivity contribution in [3.8, 4) is 0 Å². The number of nitrogens with zero attached hydrogens (tertiary/aromatic N) is 2. The van der Waals surface area contributed by atoms with Crippen LogP contribution in [0, 0.1) is 0 Å². The van der Waals surface area contributed by atoms with Crippen molar-refractivity contribution >= 4 is 11.6 Å². The van der Waals surface area contributed by atoms with Gasteiger partial charge in [-0.1, -0.05) is 0 Å². The minimum absolute atomic E-state index is 0.0174. The Hall–Kier alpha value is -2.08. The third kappa shape index (κ3) is 3.72. The second-order valence-electron chi connectivity index (χ2n) is 5.32. The van der Waals surface area contributed by atoms with Gasteiger partial charge in [-0.3, -0.25) is 9.48 Å². The summed E-state index contributed by atoms with van der Waals surface area (Å²) in [4.78, 5) is 11.9. The van der Waals surface area contributed by atoms with E-state index in [1.807, 2.05) is 23.0 Å². The Morgan fingerprint density at radius 2 is 2.33 bits per heavy atom. The third-order valence-corrected chi connectivity index (χ3v) is 3.75. The largest absolute Gasteiger partial charge is 0.469 e. The van der Waals surface area contributed by atoms with Gasteiger partial charge < -0.3 is 15.1 Å². The molecule has 6 nitrogen and oxygen atoms in total. The SMILES string of the molecule is O=C(CCc1ccco1)Nc1cnn(C2CCNCC2)c1. The third-order valence-electron chi connectivity index (χ3n) is 3.75. The molecular formula is C15H20N4O2. The first-order valence-corrected chi connectivity index (χ1v) is 7.38. The number of nitrogens with one attached hydrogen (secondary N) is 2. The maximum atomic E-state index is 11.9. The van der Waals surface area contributed by atoms with Gasteiger partial charge in [-0.15, -0.1) is 0 Å². The Balaban J connectivity index is 1.50. The smallest absolute Gasteiger partial charge is 0.224 e. The van der Waals surface area contributed by atoms with Crippen LogP contribution in [0.3, 0.4) is 0 Å². The van der Waals surface area contributed by atoms with Crippen LogP contribution in [0.25, 0.3) is 0 Å². The molecule has 1 saturated heterocycles. The molecule has 0 saturated carbocycles. The lowest BCUT2D eigenvalue weighted by Crippen LogP contribution is -2.29. The number of furan rings is 1. The second-order valence-corrected chi connectivity index (χ2v) is 5.32. The van der Waals surface area contributed by atoms with Crippen molar-refractivity contribution in [2.24, 2.45) is 0 Å². The average Bonchev–Trinajstić information content (AvgIpc) is 3.17. The summed E-state index contributed by atoms with van der Waals surface area (Å²) in [5.41, 5.74) is 0.762. The molecule has 1 aliphatic rings. The van der Waals surface area contributed by atoms with E-state index in [-0.39, 0.29) is 5.91 Å². The minimum Gasteiger partial charge on any atom is -0.469 e. The van der Waals surface area contributed by atoms with Crippen LogP contribution in [0.4, 0.5) is 5.69 Å². The van der Waals surface area contributed by atoms with Gasteiger partial charge in [-0.05, 0) is 38.1 Å². The maximum absolute atomic E-state index is 11.9. The zero-order valence-electron chi connectivity index (χ0n) is 11.9. The lowest BCUT2D eigenvalue weighted by molar-refractivity contribution is -0.116. The summed E-state index contributed by atoms with van der Waals surface area (Å²) in [7, 11) is 0. The van der Waals surface area contributed by atoms with Gasteiger partial charge in [0.25, 0.3) is 0 Å². The van der Waals surface area contributed by atoms with E-state index in [1.54, 1.807) is 12.5 Å². The molecule has 0 atom stereocenters. The summed E-state index contributed by atoms with van der Waals surface area (Å²) < 4.78 is 7.18. The lowest BCUT2D eigenvalue weighted by atomic mass is 10.1. The quantitative estimate of drug-likeness (QED) is 0.882. The van der Waals surface area contributed by atoms with E-state index in [4.69, 9.17) is 4.42 Å². The van der Waals surface area contributed by atoms with E-state index < -0.39 is 0 Å². The molecule has 0 radical (unpaired) electrons. The predicted octanol–water partition coefficient (Wildman–Crippen LogP) is 1.97. The molecule has 1 aliphatic heterocycles. The Bertz CT molecular complexity index is 570. The minimum atomic E-state index is -0.0174. The molecule has 1 fully saturated rings. The molecule has 2 aromatic heterocycles. The number of piperidine rings is 1. The van der Waals surface area contributed by atoms with Crippen LogP contribution in [0.5, 0.6) is 0 Å². The Labute approximate surface area is 123 Å². The molecule has 0 bridgehead atoms. The number of aryl methyl sites for hydroxylation is 1.